The lowest BCUT2D eigenvalue weighted by Crippen LogP contribution is -1.98. The molecule has 7 heteroatoms. The molecule has 0 radical (unpaired) electrons. The van der Waals surface area contributed by atoms with Gasteiger partial charge in [0.1, 0.15) is 5.75 Å². The molecule has 0 aromatic carbocycles. The van der Waals surface area contributed by atoms with E-state index in [2.05, 4.69) is 9.78 Å². The maximum absolute atomic E-state index is 10.0. The summed E-state index contributed by atoms with van der Waals surface area (Å²) in [6.07, 6.45) is 1.02. The van der Waals surface area contributed by atoms with Gasteiger partial charge in [-0.25, -0.2) is 18.2 Å². The van der Waals surface area contributed by atoms with Crippen LogP contribution in [0.25, 0.3) is 0 Å². The molecule has 0 unspecified atom stereocenters. The van der Waals surface area contributed by atoms with Gasteiger partial charge in [-0.2, -0.15) is 5.26 Å². The van der Waals surface area contributed by atoms with Crippen molar-refractivity contribution in [1.82, 2.24) is 0 Å². The van der Waals surface area contributed by atoms with Gasteiger partial charge in [-0.1, -0.05) is 0 Å². The smallest absolute Gasteiger partial charge is 0.160 e. The van der Waals surface area contributed by atoms with E-state index in [0.717, 1.165) is 19.5 Å². The van der Waals surface area contributed by atoms with Crippen LogP contribution in [0.1, 0.15) is 27.7 Å². The van der Waals surface area contributed by atoms with E-state index in [9.17, 15) is 8.42 Å². The van der Waals surface area contributed by atoms with Gasteiger partial charge in [-0.05, 0) is 27.7 Å². The molecule has 0 N–H and O–H groups in total. The fraction of sp³-hybridized carbons (Fsp3) is 0.909. The van der Waals surface area contributed by atoms with Gasteiger partial charge in [0, 0.05) is 19.5 Å². The molecule has 0 fully saturated rings. The van der Waals surface area contributed by atoms with Crippen LogP contribution in [0.15, 0.2) is 0 Å². The Morgan fingerprint density at radius 3 is 1.39 bits per heavy atom. The van der Waals surface area contributed by atoms with Crippen LogP contribution in [0.3, 0.4) is 0 Å². The van der Waals surface area contributed by atoms with Gasteiger partial charge >= 0.3 is 0 Å². The molecule has 0 aliphatic rings. The van der Waals surface area contributed by atoms with Crippen LogP contribution in [0.5, 0.6) is 0 Å². The van der Waals surface area contributed by atoms with Crippen LogP contribution in [-0.2, 0) is 24.3 Å². The average Bonchev–Trinajstić information content (AvgIpc) is 2.27. The number of rotatable bonds is 6. The van der Waals surface area contributed by atoms with Gasteiger partial charge < -0.3 is 4.74 Å². The Labute approximate surface area is 111 Å². The second-order valence-electron chi connectivity index (χ2n) is 2.82. The van der Waals surface area contributed by atoms with Crippen molar-refractivity contribution in [3.8, 4) is 6.07 Å². The van der Waals surface area contributed by atoms with E-state index in [0.29, 0.717) is 13.2 Å². The summed E-state index contributed by atoms with van der Waals surface area (Å²) >= 11 is 0. The quantitative estimate of drug-likeness (QED) is 0.418. The van der Waals surface area contributed by atoms with Crippen molar-refractivity contribution in [3.63, 3.8) is 0 Å². The van der Waals surface area contributed by atoms with Gasteiger partial charge in [0.05, 0.1) is 19.3 Å². The molecule has 0 atom stereocenters. The van der Waals surface area contributed by atoms with E-state index in [1.807, 2.05) is 27.7 Å². The van der Waals surface area contributed by atoms with Crippen molar-refractivity contribution >= 4 is 9.84 Å². The maximum atomic E-state index is 10.0. The number of hydrogen-bond acceptors (Lipinski definition) is 6. The summed E-state index contributed by atoms with van der Waals surface area (Å²) in [7, 11) is -3.04. The molecule has 0 heterocycles. The van der Waals surface area contributed by atoms with Crippen LogP contribution in [0.2, 0.25) is 0 Å². The van der Waals surface area contributed by atoms with Crippen LogP contribution in [-0.4, -0.2) is 46.9 Å². The van der Waals surface area contributed by atoms with Crippen LogP contribution in [0.4, 0.5) is 0 Å². The van der Waals surface area contributed by atoms with E-state index >= 15 is 0 Å². The second-order valence-corrected chi connectivity index (χ2v) is 4.96. The minimum absolute atomic E-state index is 0.382. The highest BCUT2D eigenvalue weighted by molar-refractivity contribution is 7.90. The minimum atomic E-state index is -3.04. The third kappa shape index (κ3) is 45.4. The van der Waals surface area contributed by atoms with E-state index in [1.54, 1.807) is 0 Å². The first kappa shape index (κ1) is 22.5. The Morgan fingerprint density at radius 1 is 0.944 bits per heavy atom. The third-order valence-electron chi connectivity index (χ3n) is 1.05. The summed E-state index contributed by atoms with van der Waals surface area (Å²) < 4.78 is 24.9. The Bertz CT molecular complexity index is 266. The van der Waals surface area contributed by atoms with Gasteiger partial charge in [0.25, 0.3) is 0 Å². The highest BCUT2D eigenvalue weighted by Crippen LogP contribution is 1.75. The topological polar surface area (TPSA) is 85.6 Å². The van der Waals surface area contributed by atoms with E-state index in [4.69, 9.17) is 10.00 Å². The largest absolute Gasteiger partial charge is 0.382 e. The normalized spacial score (nSPS) is 9.33. The number of nitriles is 1. The highest BCUT2D eigenvalue weighted by Gasteiger charge is 1.95. The molecule has 0 saturated carbocycles. The van der Waals surface area contributed by atoms with E-state index in [-0.39, 0.29) is 5.75 Å². The predicted octanol–water partition coefficient (Wildman–Crippen LogP) is 1.57. The molecule has 6 nitrogen and oxygen atoms in total. The lowest BCUT2D eigenvalue weighted by molar-refractivity contribution is -0.287. The monoisotopic (exact) mass is 283 g/mol. The molecule has 0 aromatic rings. The van der Waals surface area contributed by atoms with Crippen LogP contribution >= 0.6 is 0 Å². The Morgan fingerprint density at radius 2 is 1.33 bits per heavy atom. The van der Waals surface area contributed by atoms with Crippen molar-refractivity contribution < 1.29 is 22.9 Å². The molecule has 18 heavy (non-hydrogen) atoms. The van der Waals surface area contributed by atoms with Crippen molar-refractivity contribution in [3.05, 3.63) is 0 Å². The molecule has 0 aliphatic carbocycles. The predicted molar refractivity (Wildman–Crippen MR) is 70.7 cm³/mol. The molecule has 0 aromatic heterocycles. The zero-order chi connectivity index (χ0) is 14.9. The van der Waals surface area contributed by atoms with Gasteiger partial charge in [0.2, 0.25) is 0 Å². The first-order chi connectivity index (χ1) is 8.39. The zero-order valence-corrected chi connectivity index (χ0v) is 12.7. The molecule has 110 valence electrons. The molecule has 0 amide bonds. The number of sulfone groups is 1. The Balaban J connectivity index is -0.000000190. The summed E-state index contributed by atoms with van der Waals surface area (Å²) in [5.74, 6) is -0.382. The number of hydrogen-bond donors (Lipinski definition) is 0. The standard InChI is InChI=1S/C4H10O2.C4H10O.C3H5NO2S/c1-3-5-6-4-2;1-3-5-4-2;1-7(5,6)3-2-4/h3-4H2,1-2H3;3-4H2,1-2H3;3H2,1H3. The lowest BCUT2D eigenvalue weighted by Gasteiger charge is -1.92. The second kappa shape index (κ2) is 18.7. The van der Waals surface area contributed by atoms with E-state index in [1.165, 1.54) is 6.07 Å². The molecule has 0 bridgehead atoms. The summed E-state index contributed by atoms with van der Waals surface area (Å²) in [5, 5.41) is 7.77. The van der Waals surface area contributed by atoms with Crippen molar-refractivity contribution in [2.24, 2.45) is 0 Å². The molecule has 0 rings (SSSR count). The van der Waals surface area contributed by atoms with Gasteiger partial charge in [-0.15, -0.1) is 0 Å². The minimum Gasteiger partial charge on any atom is -0.382 e. The summed E-state index contributed by atoms with van der Waals surface area (Å²) in [4.78, 5) is 8.97. The SMILES string of the molecule is CCOCC.CCOOCC.CS(=O)(=O)CC#N. The fourth-order valence-corrected chi connectivity index (χ4v) is 0.723. The van der Waals surface area contributed by atoms with Gasteiger partial charge in [-0.3, -0.25) is 0 Å². The number of ether oxygens (including phenoxy) is 1. The molecule has 0 spiro atoms. The maximum Gasteiger partial charge on any atom is 0.160 e. The summed E-state index contributed by atoms with van der Waals surface area (Å²) in [6, 6.07) is 1.52. The molecular weight excluding hydrogens is 258 g/mol. The van der Waals surface area contributed by atoms with Crippen molar-refractivity contribution in [2.75, 3.05) is 38.4 Å². The van der Waals surface area contributed by atoms with Gasteiger partial charge in [0.15, 0.2) is 9.84 Å². The summed E-state index contributed by atoms with van der Waals surface area (Å²) in [6.45, 7) is 10.7. The fourth-order valence-electron chi connectivity index (χ4n) is 0.488. The molecular formula is C11H25NO5S. The Kier molecular flexibility index (Phi) is 23.3. The van der Waals surface area contributed by atoms with Crippen LogP contribution in [0, 0.1) is 11.3 Å². The Hall–Kier alpha value is -0.680. The van der Waals surface area contributed by atoms with E-state index < -0.39 is 9.84 Å². The zero-order valence-electron chi connectivity index (χ0n) is 11.9. The van der Waals surface area contributed by atoms with Crippen molar-refractivity contribution in [2.45, 2.75) is 27.7 Å². The first-order valence-corrected chi connectivity index (χ1v) is 7.82. The average molecular weight is 283 g/mol. The number of nitrogens with zero attached hydrogens (tertiary/aromatic N) is 1. The lowest BCUT2D eigenvalue weighted by atomic mass is 10.8. The van der Waals surface area contributed by atoms with Crippen molar-refractivity contribution in [1.29, 1.82) is 5.26 Å². The summed E-state index contributed by atoms with van der Waals surface area (Å²) in [5.41, 5.74) is 0. The highest BCUT2D eigenvalue weighted by atomic mass is 32.2. The first-order valence-electron chi connectivity index (χ1n) is 5.76. The third-order valence-corrected chi connectivity index (χ3v) is 1.71. The molecule has 0 aliphatic heterocycles. The molecule has 0 saturated heterocycles. The van der Waals surface area contributed by atoms with Crippen LogP contribution < -0.4 is 0 Å².